The maximum absolute atomic E-state index is 11.2. The molecule has 0 saturated heterocycles. The highest BCUT2D eigenvalue weighted by molar-refractivity contribution is 6.31. The number of rotatable bonds is 5. The molecule has 0 aliphatic carbocycles. The number of hydrogen-bond donors (Lipinski definition) is 0. The maximum Gasteiger partial charge on any atom is 0.269 e. The fraction of sp³-hybridized carbons (Fsp3) is 0.368. The summed E-state index contributed by atoms with van der Waals surface area (Å²) in [6.07, 6.45) is -0.124. The lowest BCUT2D eigenvalue weighted by molar-refractivity contribution is -0.385. The lowest BCUT2D eigenvalue weighted by Crippen LogP contribution is -2.25. The van der Waals surface area contributed by atoms with Gasteiger partial charge in [0.25, 0.3) is 5.69 Å². The second-order valence-corrected chi connectivity index (χ2v) is 6.62. The van der Waals surface area contributed by atoms with Crippen molar-refractivity contribution in [2.75, 3.05) is 21.3 Å². The van der Waals surface area contributed by atoms with Gasteiger partial charge in [-0.2, -0.15) is 0 Å². The van der Waals surface area contributed by atoms with Gasteiger partial charge in [-0.1, -0.05) is 11.6 Å². The van der Waals surface area contributed by atoms with E-state index in [-0.39, 0.29) is 11.8 Å². The number of methoxy groups -OCH3 is 3. The lowest BCUT2D eigenvalue weighted by Gasteiger charge is -2.33. The molecular weight excluding hydrogens is 374 g/mol. The van der Waals surface area contributed by atoms with Crippen molar-refractivity contribution in [3.8, 4) is 17.2 Å². The summed E-state index contributed by atoms with van der Waals surface area (Å²) in [6.45, 7) is 1.93. The van der Waals surface area contributed by atoms with E-state index in [1.807, 2.05) is 13.0 Å². The monoisotopic (exact) mass is 393 g/mol. The first-order chi connectivity index (χ1) is 12.9. The van der Waals surface area contributed by atoms with Gasteiger partial charge in [0, 0.05) is 28.3 Å². The molecule has 144 valence electrons. The van der Waals surface area contributed by atoms with Crippen molar-refractivity contribution < 1.29 is 23.9 Å². The van der Waals surface area contributed by atoms with Crippen LogP contribution in [0.3, 0.4) is 0 Å². The molecule has 27 heavy (non-hydrogen) atoms. The van der Waals surface area contributed by atoms with Crippen LogP contribution in [-0.2, 0) is 11.2 Å². The zero-order valence-corrected chi connectivity index (χ0v) is 16.2. The van der Waals surface area contributed by atoms with Gasteiger partial charge in [0.1, 0.15) is 6.10 Å². The number of ether oxygens (including phenoxy) is 4. The van der Waals surface area contributed by atoms with Gasteiger partial charge in [0.05, 0.1) is 32.4 Å². The smallest absolute Gasteiger partial charge is 0.269 e. The zero-order chi connectivity index (χ0) is 19.7. The van der Waals surface area contributed by atoms with Crippen LogP contribution in [0.1, 0.15) is 29.7 Å². The fourth-order valence-corrected chi connectivity index (χ4v) is 3.63. The summed E-state index contributed by atoms with van der Waals surface area (Å²) >= 11 is 6.38. The second kappa shape index (κ2) is 7.62. The molecule has 8 heteroatoms. The molecule has 0 saturated carbocycles. The van der Waals surface area contributed by atoms with Gasteiger partial charge < -0.3 is 18.9 Å². The van der Waals surface area contributed by atoms with Crippen LogP contribution in [0.2, 0.25) is 5.02 Å². The first-order valence-corrected chi connectivity index (χ1v) is 8.70. The number of nitro benzene ring substituents is 1. The van der Waals surface area contributed by atoms with Gasteiger partial charge in [-0.15, -0.1) is 0 Å². The van der Waals surface area contributed by atoms with Crippen molar-refractivity contribution in [2.24, 2.45) is 0 Å². The molecule has 2 aromatic carbocycles. The standard InChI is InChI=1S/C19H20ClNO6/c1-10-7-11-8-15(24-2)18(25-3)19(26-4)16(11)17(27-10)13-9-12(21(22)23)5-6-14(13)20/h5-6,8-10,17H,7H2,1-4H3/t10-,17+/m0/s1. The van der Waals surface area contributed by atoms with E-state index in [9.17, 15) is 10.1 Å². The maximum atomic E-state index is 11.2. The van der Waals surface area contributed by atoms with Crippen LogP contribution in [0.15, 0.2) is 24.3 Å². The van der Waals surface area contributed by atoms with Crippen LogP contribution < -0.4 is 14.2 Å². The van der Waals surface area contributed by atoms with Crippen molar-refractivity contribution in [1.29, 1.82) is 0 Å². The molecule has 0 bridgehead atoms. The predicted molar refractivity (Wildman–Crippen MR) is 100 cm³/mol. The highest BCUT2D eigenvalue weighted by Crippen LogP contribution is 2.50. The van der Waals surface area contributed by atoms with Gasteiger partial charge in [-0.25, -0.2) is 0 Å². The van der Waals surface area contributed by atoms with Gasteiger partial charge in [-0.3, -0.25) is 10.1 Å². The molecule has 2 aromatic rings. The summed E-state index contributed by atoms with van der Waals surface area (Å²) in [7, 11) is 4.61. The van der Waals surface area contributed by atoms with E-state index >= 15 is 0 Å². The van der Waals surface area contributed by atoms with Crippen LogP contribution in [0.25, 0.3) is 0 Å². The molecule has 1 aliphatic heterocycles. The molecule has 0 unspecified atom stereocenters. The lowest BCUT2D eigenvalue weighted by atomic mass is 9.89. The molecule has 0 N–H and O–H groups in total. The number of non-ortho nitro benzene ring substituents is 1. The third-order valence-electron chi connectivity index (χ3n) is 4.56. The van der Waals surface area contributed by atoms with Crippen molar-refractivity contribution in [3.63, 3.8) is 0 Å². The topological polar surface area (TPSA) is 80.1 Å². The summed E-state index contributed by atoms with van der Waals surface area (Å²) in [6, 6.07) is 6.19. The van der Waals surface area contributed by atoms with E-state index in [4.69, 9.17) is 30.5 Å². The molecule has 2 atom stereocenters. The van der Waals surface area contributed by atoms with E-state index in [2.05, 4.69) is 0 Å². The first-order valence-electron chi connectivity index (χ1n) is 8.32. The molecule has 0 fully saturated rings. The average Bonchev–Trinajstić information content (AvgIpc) is 2.65. The van der Waals surface area contributed by atoms with Gasteiger partial charge >= 0.3 is 0 Å². The van der Waals surface area contributed by atoms with Crippen molar-refractivity contribution >= 4 is 17.3 Å². The third-order valence-corrected chi connectivity index (χ3v) is 4.91. The number of halogens is 1. The van der Waals surface area contributed by atoms with Crippen molar-refractivity contribution in [2.45, 2.75) is 25.6 Å². The molecular formula is C19H20ClNO6. The SMILES string of the molecule is COc1cc2c(c(OC)c1OC)[C@@H](c1cc([N+](=O)[O-])ccc1Cl)O[C@@H](C)C2. The van der Waals surface area contributed by atoms with E-state index in [0.717, 1.165) is 11.1 Å². The van der Waals surface area contributed by atoms with E-state index in [1.54, 1.807) is 7.11 Å². The van der Waals surface area contributed by atoms with Gasteiger partial charge in [-0.05, 0) is 31.0 Å². The Balaban J connectivity index is 2.27. The number of nitro groups is 1. The average molecular weight is 394 g/mol. The van der Waals surface area contributed by atoms with Crippen LogP contribution in [-0.4, -0.2) is 32.4 Å². The van der Waals surface area contributed by atoms with Gasteiger partial charge in [0.2, 0.25) is 5.75 Å². The Bertz CT molecular complexity index is 885. The fourth-order valence-electron chi connectivity index (χ4n) is 3.42. The number of benzene rings is 2. The Hall–Kier alpha value is -2.51. The summed E-state index contributed by atoms with van der Waals surface area (Å²) in [5, 5.41) is 11.6. The molecule has 7 nitrogen and oxygen atoms in total. The van der Waals surface area contributed by atoms with Crippen molar-refractivity contribution in [1.82, 2.24) is 0 Å². The Kier molecular flexibility index (Phi) is 5.43. The molecule has 0 aromatic heterocycles. The number of fused-ring (bicyclic) bond motifs is 1. The van der Waals surface area contributed by atoms with E-state index in [1.165, 1.54) is 32.4 Å². The summed E-state index contributed by atoms with van der Waals surface area (Å²) in [4.78, 5) is 10.8. The second-order valence-electron chi connectivity index (χ2n) is 6.21. The van der Waals surface area contributed by atoms with Crippen LogP contribution in [0, 0.1) is 10.1 Å². The van der Waals surface area contributed by atoms with Crippen LogP contribution >= 0.6 is 11.6 Å². The van der Waals surface area contributed by atoms with Crippen LogP contribution in [0.5, 0.6) is 17.2 Å². The minimum Gasteiger partial charge on any atom is -0.493 e. The molecule has 3 rings (SSSR count). The Labute approximate surface area is 161 Å². The van der Waals surface area contributed by atoms with Crippen molar-refractivity contribution in [3.05, 3.63) is 56.1 Å². The predicted octanol–water partition coefficient (Wildman–Crippen LogP) is 4.32. The van der Waals surface area contributed by atoms with E-state index in [0.29, 0.717) is 34.3 Å². The first kappa shape index (κ1) is 19.3. The molecule has 1 aliphatic rings. The normalized spacial score (nSPS) is 18.6. The summed E-state index contributed by atoms with van der Waals surface area (Å²) in [5.41, 5.74) is 2.13. The quantitative estimate of drug-likeness (QED) is 0.555. The highest BCUT2D eigenvalue weighted by atomic mass is 35.5. The van der Waals surface area contributed by atoms with E-state index < -0.39 is 11.0 Å². The largest absolute Gasteiger partial charge is 0.493 e. The molecule has 1 heterocycles. The zero-order valence-electron chi connectivity index (χ0n) is 15.4. The Morgan fingerprint density at radius 2 is 1.85 bits per heavy atom. The molecule has 0 radical (unpaired) electrons. The summed E-state index contributed by atoms with van der Waals surface area (Å²) in [5.74, 6) is 1.45. The van der Waals surface area contributed by atoms with Gasteiger partial charge in [0.15, 0.2) is 11.5 Å². The number of nitrogens with zero attached hydrogens (tertiary/aromatic N) is 1. The number of hydrogen-bond acceptors (Lipinski definition) is 6. The molecule has 0 amide bonds. The molecule has 0 spiro atoms. The minimum atomic E-state index is -0.633. The Morgan fingerprint density at radius 3 is 2.44 bits per heavy atom. The summed E-state index contributed by atoms with van der Waals surface area (Å²) < 4.78 is 22.7. The minimum absolute atomic E-state index is 0.0581. The highest BCUT2D eigenvalue weighted by Gasteiger charge is 2.35. The third kappa shape index (κ3) is 3.40. The Morgan fingerprint density at radius 1 is 1.15 bits per heavy atom. The van der Waals surface area contributed by atoms with Crippen LogP contribution in [0.4, 0.5) is 5.69 Å².